The Labute approximate surface area is 166 Å². The molecule has 146 valence electrons. The second kappa shape index (κ2) is 8.24. The van der Waals surface area contributed by atoms with Gasteiger partial charge in [-0.1, -0.05) is 17.7 Å². The van der Waals surface area contributed by atoms with E-state index >= 15 is 0 Å². The minimum Gasteiger partial charge on any atom is -0.377 e. The number of ether oxygens (including phenoxy) is 1. The molecule has 1 fully saturated rings. The van der Waals surface area contributed by atoms with Crippen molar-refractivity contribution in [1.29, 1.82) is 0 Å². The SMILES string of the molecule is Cc1c(Cl)cc(S(=O)(=O)N(Cc2cccs2)CC2CCCO2)cc1[N+](=O)[O-]. The number of nitrogens with zero attached hydrogens (tertiary/aromatic N) is 2. The van der Waals surface area contributed by atoms with E-state index in [9.17, 15) is 18.5 Å². The Hall–Kier alpha value is -1.52. The van der Waals surface area contributed by atoms with Gasteiger partial charge < -0.3 is 4.74 Å². The van der Waals surface area contributed by atoms with Gasteiger partial charge in [-0.05, 0) is 37.3 Å². The fourth-order valence-electron chi connectivity index (χ4n) is 2.97. The molecule has 1 aromatic heterocycles. The number of rotatable bonds is 7. The molecule has 7 nitrogen and oxygen atoms in total. The molecule has 0 aliphatic carbocycles. The minimum absolute atomic E-state index is 0.0518. The number of benzene rings is 1. The molecule has 1 aliphatic heterocycles. The Balaban J connectivity index is 1.99. The van der Waals surface area contributed by atoms with Gasteiger partial charge in [-0.25, -0.2) is 8.42 Å². The van der Waals surface area contributed by atoms with Crippen LogP contribution in [0.2, 0.25) is 5.02 Å². The summed E-state index contributed by atoms with van der Waals surface area (Å²) in [4.78, 5) is 11.4. The van der Waals surface area contributed by atoms with Crippen LogP contribution < -0.4 is 0 Å². The molecule has 27 heavy (non-hydrogen) atoms. The fourth-order valence-corrected chi connectivity index (χ4v) is 5.54. The molecule has 1 unspecified atom stereocenters. The number of hydrogen-bond acceptors (Lipinski definition) is 6. The summed E-state index contributed by atoms with van der Waals surface area (Å²) in [5.74, 6) is 0. The van der Waals surface area contributed by atoms with Crippen molar-refractivity contribution in [3.63, 3.8) is 0 Å². The lowest BCUT2D eigenvalue weighted by atomic mass is 10.2. The normalized spacial score (nSPS) is 17.5. The van der Waals surface area contributed by atoms with Gasteiger partial charge in [0.05, 0.1) is 20.9 Å². The van der Waals surface area contributed by atoms with Gasteiger partial charge >= 0.3 is 0 Å². The maximum atomic E-state index is 13.3. The van der Waals surface area contributed by atoms with Crippen LogP contribution in [0.1, 0.15) is 23.3 Å². The highest BCUT2D eigenvalue weighted by Crippen LogP contribution is 2.32. The molecule has 0 spiro atoms. The largest absolute Gasteiger partial charge is 0.377 e. The zero-order chi connectivity index (χ0) is 19.6. The van der Waals surface area contributed by atoms with Crippen LogP contribution in [0.15, 0.2) is 34.5 Å². The molecule has 2 heterocycles. The lowest BCUT2D eigenvalue weighted by Crippen LogP contribution is -2.36. The first kappa shape index (κ1) is 20.2. The number of sulfonamides is 1. The predicted octanol–water partition coefficient (Wildman–Crippen LogP) is 3.99. The van der Waals surface area contributed by atoms with E-state index in [2.05, 4.69) is 0 Å². The Morgan fingerprint density at radius 3 is 2.81 bits per heavy atom. The first-order valence-electron chi connectivity index (χ1n) is 8.37. The van der Waals surface area contributed by atoms with Crippen molar-refractivity contribution in [2.75, 3.05) is 13.2 Å². The van der Waals surface area contributed by atoms with Gasteiger partial charge in [0.1, 0.15) is 0 Å². The third kappa shape index (κ3) is 4.49. The molecular weight excluding hydrogens is 412 g/mol. The summed E-state index contributed by atoms with van der Waals surface area (Å²) in [6.07, 6.45) is 1.49. The Kier molecular flexibility index (Phi) is 6.17. The van der Waals surface area contributed by atoms with Gasteiger partial charge in [0.25, 0.3) is 5.69 Å². The lowest BCUT2D eigenvalue weighted by molar-refractivity contribution is -0.385. The van der Waals surface area contributed by atoms with Gasteiger partial charge in [-0.3, -0.25) is 10.1 Å². The van der Waals surface area contributed by atoms with E-state index < -0.39 is 14.9 Å². The van der Waals surface area contributed by atoms with Crippen molar-refractivity contribution in [3.05, 3.63) is 55.2 Å². The zero-order valence-electron chi connectivity index (χ0n) is 14.6. The summed E-state index contributed by atoms with van der Waals surface area (Å²) < 4.78 is 33.5. The van der Waals surface area contributed by atoms with Gasteiger partial charge in [-0.15, -0.1) is 11.3 Å². The van der Waals surface area contributed by atoms with Crippen molar-refractivity contribution in [2.45, 2.75) is 37.3 Å². The van der Waals surface area contributed by atoms with E-state index in [0.29, 0.717) is 6.61 Å². The molecule has 1 saturated heterocycles. The smallest absolute Gasteiger partial charge is 0.275 e. The van der Waals surface area contributed by atoms with Gasteiger partial charge in [0, 0.05) is 36.2 Å². The average Bonchev–Trinajstić information content (AvgIpc) is 3.30. The van der Waals surface area contributed by atoms with Crippen molar-refractivity contribution < 1.29 is 18.1 Å². The molecule has 10 heteroatoms. The van der Waals surface area contributed by atoms with E-state index in [0.717, 1.165) is 23.8 Å². The van der Waals surface area contributed by atoms with Crippen LogP contribution in [0.3, 0.4) is 0 Å². The van der Waals surface area contributed by atoms with E-state index in [1.165, 1.54) is 28.6 Å². The minimum atomic E-state index is -3.99. The van der Waals surface area contributed by atoms with E-state index in [4.69, 9.17) is 16.3 Å². The van der Waals surface area contributed by atoms with E-state index in [-0.39, 0.29) is 40.4 Å². The molecule has 1 aromatic carbocycles. The zero-order valence-corrected chi connectivity index (χ0v) is 17.0. The van der Waals surface area contributed by atoms with Crippen LogP contribution in [0.5, 0.6) is 0 Å². The Bertz CT molecular complexity index is 925. The van der Waals surface area contributed by atoms with E-state index in [1.807, 2.05) is 17.5 Å². The summed E-state index contributed by atoms with van der Waals surface area (Å²) in [5, 5.41) is 13.2. The van der Waals surface area contributed by atoms with Crippen LogP contribution in [-0.4, -0.2) is 36.9 Å². The quantitative estimate of drug-likeness (QED) is 0.489. The molecule has 0 N–H and O–H groups in total. The van der Waals surface area contributed by atoms with E-state index in [1.54, 1.807) is 0 Å². The topological polar surface area (TPSA) is 89.8 Å². The maximum absolute atomic E-state index is 13.3. The van der Waals surface area contributed by atoms with Crippen LogP contribution in [0.4, 0.5) is 5.69 Å². The van der Waals surface area contributed by atoms with Crippen LogP contribution in [0, 0.1) is 17.0 Å². The standard InChI is InChI=1S/C17H19ClN2O5S2/c1-12-16(18)8-15(9-17(12)20(21)22)27(23,24)19(10-13-4-2-6-25-13)11-14-5-3-7-26-14/h3,5,7-9,13H,2,4,6,10-11H2,1H3. The van der Waals surface area contributed by atoms with Crippen molar-refractivity contribution in [2.24, 2.45) is 0 Å². The number of hydrogen-bond donors (Lipinski definition) is 0. The molecule has 0 amide bonds. The molecule has 2 aromatic rings. The monoisotopic (exact) mass is 430 g/mol. The number of nitro groups is 1. The molecule has 0 saturated carbocycles. The van der Waals surface area contributed by atoms with Gasteiger partial charge in [-0.2, -0.15) is 4.31 Å². The number of halogens is 1. The summed E-state index contributed by atoms with van der Waals surface area (Å²) in [6.45, 7) is 2.48. The highest BCUT2D eigenvalue weighted by atomic mass is 35.5. The molecular formula is C17H19ClN2O5S2. The molecule has 3 rings (SSSR count). The number of nitro benzene ring substituents is 1. The van der Waals surface area contributed by atoms with Gasteiger partial charge in [0.2, 0.25) is 10.0 Å². The third-order valence-electron chi connectivity index (χ3n) is 4.47. The van der Waals surface area contributed by atoms with Crippen molar-refractivity contribution in [3.8, 4) is 0 Å². The fraction of sp³-hybridized carbons (Fsp3) is 0.412. The maximum Gasteiger partial charge on any atom is 0.275 e. The van der Waals surface area contributed by atoms with Crippen LogP contribution >= 0.6 is 22.9 Å². The predicted molar refractivity (Wildman–Crippen MR) is 104 cm³/mol. The molecule has 1 aliphatic rings. The van der Waals surface area contributed by atoms with Crippen LogP contribution in [-0.2, 0) is 21.3 Å². The molecule has 1 atom stereocenters. The van der Waals surface area contributed by atoms with Gasteiger partial charge in [0.15, 0.2) is 0 Å². The highest BCUT2D eigenvalue weighted by Gasteiger charge is 2.31. The summed E-state index contributed by atoms with van der Waals surface area (Å²) in [7, 11) is -3.99. The second-order valence-corrected chi connectivity index (χ2v) is 9.70. The van der Waals surface area contributed by atoms with Crippen LogP contribution in [0.25, 0.3) is 0 Å². The lowest BCUT2D eigenvalue weighted by Gasteiger charge is -2.24. The first-order valence-corrected chi connectivity index (χ1v) is 11.1. The molecule has 0 bridgehead atoms. The summed E-state index contributed by atoms with van der Waals surface area (Å²) in [5.41, 5.74) is -0.0705. The second-order valence-electron chi connectivity index (χ2n) is 6.32. The third-order valence-corrected chi connectivity index (χ3v) is 7.51. The molecule has 0 radical (unpaired) electrons. The van der Waals surface area contributed by atoms with Crippen molar-refractivity contribution in [1.82, 2.24) is 4.31 Å². The average molecular weight is 431 g/mol. The summed E-state index contributed by atoms with van der Waals surface area (Å²) >= 11 is 7.53. The Morgan fingerprint density at radius 2 is 2.22 bits per heavy atom. The summed E-state index contributed by atoms with van der Waals surface area (Å²) in [6, 6.07) is 6.06. The Morgan fingerprint density at radius 1 is 1.44 bits per heavy atom. The first-order chi connectivity index (χ1) is 12.8. The number of thiophene rings is 1. The van der Waals surface area contributed by atoms with Crippen molar-refractivity contribution >= 4 is 38.6 Å². The highest BCUT2D eigenvalue weighted by molar-refractivity contribution is 7.89.